The first-order valence-corrected chi connectivity index (χ1v) is 11.0. The van der Waals surface area contributed by atoms with E-state index in [1.165, 1.54) is 4.90 Å². The van der Waals surface area contributed by atoms with Crippen molar-refractivity contribution in [3.63, 3.8) is 0 Å². The zero-order valence-corrected chi connectivity index (χ0v) is 19.1. The Morgan fingerprint density at radius 3 is 2.15 bits per heavy atom. The van der Waals surface area contributed by atoms with Gasteiger partial charge in [0, 0.05) is 31.5 Å². The van der Waals surface area contributed by atoms with Crippen LogP contribution in [0.1, 0.15) is 60.8 Å². The summed E-state index contributed by atoms with van der Waals surface area (Å²) in [6, 6.07) is 3.80. The molecular weight excluding hydrogens is 435 g/mol. The highest BCUT2D eigenvalue weighted by Crippen LogP contribution is 2.46. The molecule has 1 amide bonds. The fourth-order valence-corrected chi connectivity index (χ4v) is 5.08. The highest BCUT2D eigenvalue weighted by molar-refractivity contribution is 6.10. The second-order valence-electron chi connectivity index (χ2n) is 9.11. The summed E-state index contributed by atoms with van der Waals surface area (Å²) in [6.07, 6.45) is -3.04. The molecule has 2 aliphatic rings. The molecule has 1 aliphatic heterocycles. The number of rotatable bonds is 4. The van der Waals surface area contributed by atoms with Gasteiger partial charge in [-0.05, 0) is 67.9 Å². The molecule has 1 spiro atoms. The van der Waals surface area contributed by atoms with Crippen LogP contribution in [-0.4, -0.2) is 54.9 Å². The van der Waals surface area contributed by atoms with Gasteiger partial charge in [0.15, 0.2) is 0 Å². The zero-order chi connectivity index (χ0) is 24.4. The second kappa shape index (κ2) is 9.68. The molecule has 1 aromatic carbocycles. The summed E-state index contributed by atoms with van der Waals surface area (Å²) in [5, 5.41) is 0. The number of hydrogen-bond acceptors (Lipinski definition) is 4. The van der Waals surface area contributed by atoms with Crippen LogP contribution >= 0.6 is 0 Å². The van der Waals surface area contributed by atoms with Crippen molar-refractivity contribution in [1.29, 1.82) is 0 Å². The lowest BCUT2D eigenvalue weighted by Crippen LogP contribution is -2.49. The second-order valence-corrected chi connectivity index (χ2v) is 9.11. The van der Waals surface area contributed by atoms with Gasteiger partial charge in [0.1, 0.15) is 30.7 Å². The minimum absolute atomic E-state index is 0.111. The Hall–Kier alpha value is -2.66. The van der Waals surface area contributed by atoms with E-state index in [2.05, 4.69) is 16.6 Å². The molecule has 8 heteroatoms. The van der Waals surface area contributed by atoms with Crippen LogP contribution in [0.2, 0.25) is 0 Å². The van der Waals surface area contributed by atoms with Crippen LogP contribution in [0.15, 0.2) is 12.1 Å². The quantitative estimate of drug-likeness (QED) is 0.502. The van der Waals surface area contributed by atoms with Gasteiger partial charge in [0.25, 0.3) is 0 Å². The number of ketones is 2. The maximum absolute atomic E-state index is 13.2. The Bertz CT molecular complexity index is 968. The normalized spacial score (nSPS) is 18.9. The molecule has 1 saturated heterocycles. The molecule has 5 nitrogen and oxygen atoms in total. The van der Waals surface area contributed by atoms with Crippen LogP contribution in [0.5, 0.6) is 0 Å². The van der Waals surface area contributed by atoms with Gasteiger partial charge in [-0.15, -0.1) is 5.92 Å². The maximum Gasteiger partial charge on any atom is 0.411 e. The van der Waals surface area contributed by atoms with Crippen LogP contribution in [0.25, 0.3) is 0 Å². The lowest BCUT2D eigenvalue weighted by Gasteiger charge is -2.44. The number of Topliss-reactive ketones (excluding diaryl/α,β-unsaturated/α-hetero) is 2. The fourth-order valence-electron chi connectivity index (χ4n) is 5.08. The van der Waals surface area contributed by atoms with Crippen molar-refractivity contribution in [2.24, 2.45) is 5.41 Å². The number of alkyl halides is 3. The molecule has 3 rings (SSSR count). The SMILES string of the molecule is CC#Cc1cc(C)c(C2C(=O)CC3(CCN(C(=O)COCC(F)(F)F)CC3)CC2=O)c(C)c1. The summed E-state index contributed by atoms with van der Waals surface area (Å²) in [5.41, 5.74) is 2.85. The number of carbonyl (C=O) groups is 3. The number of ether oxygens (including phenoxy) is 1. The zero-order valence-electron chi connectivity index (χ0n) is 19.1. The maximum atomic E-state index is 13.2. The number of likely N-dealkylation sites (tertiary alicyclic amines) is 1. The smallest absolute Gasteiger partial charge is 0.362 e. The number of nitrogens with zero attached hydrogens (tertiary/aromatic N) is 1. The minimum atomic E-state index is -4.48. The molecular formula is C25H28F3NO4. The summed E-state index contributed by atoms with van der Waals surface area (Å²) >= 11 is 0. The largest absolute Gasteiger partial charge is 0.411 e. The molecule has 33 heavy (non-hydrogen) atoms. The van der Waals surface area contributed by atoms with E-state index in [1.807, 2.05) is 26.0 Å². The molecule has 178 valence electrons. The first-order valence-electron chi connectivity index (χ1n) is 11.0. The molecule has 0 atom stereocenters. The van der Waals surface area contributed by atoms with Crippen LogP contribution in [-0.2, 0) is 19.1 Å². The number of halogens is 3. The average molecular weight is 463 g/mol. The Balaban J connectivity index is 1.65. The first kappa shape index (κ1) is 25.0. The van der Waals surface area contributed by atoms with Crippen LogP contribution in [0.3, 0.4) is 0 Å². The number of aryl methyl sites for hydroxylation is 2. The monoisotopic (exact) mass is 463 g/mol. The summed E-state index contributed by atoms with van der Waals surface area (Å²) in [4.78, 5) is 40.0. The van der Waals surface area contributed by atoms with Gasteiger partial charge in [0.05, 0.1) is 0 Å². The molecule has 0 unspecified atom stereocenters. The van der Waals surface area contributed by atoms with Gasteiger partial charge in [-0.25, -0.2) is 0 Å². The lowest BCUT2D eigenvalue weighted by molar-refractivity contribution is -0.178. The van der Waals surface area contributed by atoms with E-state index in [0.29, 0.717) is 25.9 Å². The van der Waals surface area contributed by atoms with Crippen molar-refractivity contribution < 1.29 is 32.3 Å². The first-order chi connectivity index (χ1) is 15.4. The molecule has 0 N–H and O–H groups in total. The molecule has 1 aromatic rings. The van der Waals surface area contributed by atoms with Gasteiger partial charge < -0.3 is 9.64 Å². The third kappa shape index (κ3) is 5.83. The van der Waals surface area contributed by atoms with Gasteiger partial charge in [0.2, 0.25) is 5.91 Å². The van der Waals surface area contributed by atoms with Crippen LogP contribution in [0, 0.1) is 31.1 Å². The van der Waals surface area contributed by atoms with Crippen molar-refractivity contribution in [3.05, 3.63) is 34.4 Å². The molecule has 1 aliphatic carbocycles. The highest BCUT2D eigenvalue weighted by Gasteiger charge is 2.47. The summed E-state index contributed by atoms with van der Waals surface area (Å²) in [7, 11) is 0. The van der Waals surface area contributed by atoms with Crippen LogP contribution < -0.4 is 0 Å². The molecule has 0 aromatic heterocycles. The third-order valence-electron chi connectivity index (χ3n) is 6.56. The number of carbonyl (C=O) groups excluding carboxylic acids is 3. The predicted molar refractivity (Wildman–Crippen MR) is 116 cm³/mol. The van der Waals surface area contributed by atoms with Crippen molar-refractivity contribution in [2.75, 3.05) is 26.3 Å². The predicted octanol–water partition coefficient (Wildman–Crippen LogP) is 3.88. The van der Waals surface area contributed by atoms with Crippen molar-refractivity contribution in [2.45, 2.75) is 58.5 Å². The van der Waals surface area contributed by atoms with Gasteiger partial charge in [-0.1, -0.05) is 5.92 Å². The Labute approximate surface area is 191 Å². The molecule has 1 heterocycles. The fraction of sp³-hybridized carbons (Fsp3) is 0.560. The van der Waals surface area contributed by atoms with Gasteiger partial charge >= 0.3 is 6.18 Å². The molecule has 0 bridgehead atoms. The lowest BCUT2D eigenvalue weighted by atomic mass is 9.62. The average Bonchev–Trinajstić information content (AvgIpc) is 2.69. The van der Waals surface area contributed by atoms with E-state index in [4.69, 9.17) is 0 Å². The van der Waals surface area contributed by atoms with E-state index in [1.54, 1.807) is 6.92 Å². The van der Waals surface area contributed by atoms with E-state index in [-0.39, 0.29) is 24.4 Å². The van der Waals surface area contributed by atoms with Crippen molar-refractivity contribution in [3.8, 4) is 11.8 Å². The van der Waals surface area contributed by atoms with E-state index in [9.17, 15) is 27.6 Å². The number of amides is 1. The topological polar surface area (TPSA) is 63.7 Å². The minimum Gasteiger partial charge on any atom is -0.362 e. The standard InChI is InChI=1S/C25H28F3NO4/c1-4-5-18-10-16(2)22(17(3)11-18)23-19(30)12-24(13-20(23)31)6-8-29(9-7-24)21(32)14-33-15-25(26,27)28/h10-11,23H,6-9,12-15H2,1-3H3. The number of benzene rings is 1. The number of piperidine rings is 1. The van der Waals surface area contributed by atoms with E-state index >= 15 is 0 Å². The Kier molecular flexibility index (Phi) is 7.32. The van der Waals surface area contributed by atoms with Crippen LogP contribution in [0.4, 0.5) is 13.2 Å². The third-order valence-corrected chi connectivity index (χ3v) is 6.56. The van der Waals surface area contributed by atoms with Gasteiger partial charge in [-0.2, -0.15) is 13.2 Å². The Morgan fingerprint density at radius 2 is 1.67 bits per heavy atom. The number of hydrogen-bond donors (Lipinski definition) is 0. The van der Waals surface area contributed by atoms with E-state index in [0.717, 1.165) is 22.3 Å². The molecule has 2 fully saturated rings. The summed E-state index contributed by atoms with van der Waals surface area (Å²) < 4.78 is 41.1. The van der Waals surface area contributed by atoms with Crippen molar-refractivity contribution >= 4 is 17.5 Å². The highest BCUT2D eigenvalue weighted by atomic mass is 19.4. The van der Waals surface area contributed by atoms with E-state index < -0.39 is 36.6 Å². The molecule has 0 radical (unpaired) electrons. The van der Waals surface area contributed by atoms with Gasteiger partial charge in [-0.3, -0.25) is 14.4 Å². The molecule has 1 saturated carbocycles. The van der Waals surface area contributed by atoms with Crippen molar-refractivity contribution in [1.82, 2.24) is 4.90 Å². The Morgan fingerprint density at radius 1 is 1.12 bits per heavy atom. The summed E-state index contributed by atoms with van der Waals surface area (Å²) in [5.74, 6) is 4.34. The summed E-state index contributed by atoms with van der Waals surface area (Å²) in [6.45, 7) is 4.01.